The van der Waals surface area contributed by atoms with Gasteiger partial charge in [-0.25, -0.2) is 9.78 Å². The van der Waals surface area contributed by atoms with Crippen molar-refractivity contribution in [2.24, 2.45) is 0 Å². The molecular weight excluding hydrogens is 329 g/mol. The van der Waals surface area contributed by atoms with Gasteiger partial charge in [-0.15, -0.1) is 0 Å². The van der Waals surface area contributed by atoms with Gasteiger partial charge in [-0.2, -0.15) is 13.2 Å². The lowest BCUT2D eigenvalue weighted by molar-refractivity contribution is -0.141. The smallest absolute Gasteiger partial charge is 0.435 e. The molecular formula is C15H9F3N2O2S. The largest absolute Gasteiger partial charge is 0.477 e. The first-order valence-corrected chi connectivity index (χ1v) is 7.24. The van der Waals surface area contributed by atoms with Gasteiger partial charge in [-0.3, -0.25) is 0 Å². The van der Waals surface area contributed by atoms with Crippen molar-refractivity contribution in [1.29, 1.82) is 0 Å². The second-order valence-corrected chi connectivity index (χ2v) is 5.65. The molecule has 118 valence electrons. The Bertz CT molecular complexity index is 885. The molecule has 8 heteroatoms. The Morgan fingerprint density at radius 2 is 1.83 bits per heavy atom. The van der Waals surface area contributed by atoms with Gasteiger partial charge in [0.1, 0.15) is 4.88 Å². The number of aromatic nitrogens is 1. The number of hydrogen-bond acceptors (Lipinski definition) is 4. The molecule has 3 aromatic rings. The van der Waals surface area contributed by atoms with Crippen molar-refractivity contribution in [3.8, 4) is 0 Å². The third kappa shape index (κ3) is 2.98. The minimum absolute atomic E-state index is 0.119. The number of nitrogens with zero attached hydrogens (tertiary/aromatic N) is 1. The zero-order valence-corrected chi connectivity index (χ0v) is 12.2. The quantitative estimate of drug-likeness (QED) is 0.723. The lowest BCUT2D eigenvalue weighted by Crippen LogP contribution is -2.11. The van der Waals surface area contributed by atoms with Crippen LogP contribution in [0.25, 0.3) is 10.8 Å². The predicted octanol–water partition coefficient (Wildman–Crippen LogP) is 4.76. The number of carboxylic acid groups (broad SMARTS) is 1. The fourth-order valence-electron chi connectivity index (χ4n) is 2.16. The Hall–Kier alpha value is -2.61. The third-order valence-corrected chi connectivity index (χ3v) is 4.08. The Morgan fingerprint density at radius 1 is 1.13 bits per heavy atom. The summed E-state index contributed by atoms with van der Waals surface area (Å²) >= 11 is 0.456. The number of fused-ring (bicyclic) bond motifs is 1. The molecule has 0 radical (unpaired) electrons. The molecule has 0 saturated carbocycles. The van der Waals surface area contributed by atoms with Crippen molar-refractivity contribution in [3.63, 3.8) is 0 Å². The van der Waals surface area contributed by atoms with Gasteiger partial charge < -0.3 is 10.4 Å². The van der Waals surface area contributed by atoms with Crippen molar-refractivity contribution in [1.82, 2.24) is 4.98 Å². The van der Waals surface area contributed by atoms with E-state index in [-0.39, 0.29) is 5.13 Å². The highest BCUT2D eigenvalue weighted by atomic mass is 32.1. The molecule has 2 aromatic carbocycles. The van der Waals surface area contributed by atoms with Crippen LogP contribution in [0.4, 0.5) is 24.0 Å². The SMILES string of the molecule is O=C(O)c1sc(Nc2cccc3ccccc23)nc1C(F)(F)F. The van der Waals surface area contributed by atoms with E-state index in [2.05, 4.69) is 10.3 Å². The number of nitrogens with one attached hydrogen (secondary N) is 1. The molecule has 3 rings (SSSR count). The Labute approximate surface area is 132 Å². The summed E-state index contributed by atoms with van der Waals surface area (Å²) < 4.78 is 38.6. The number of alkyl halides is 3. The highest BCUT2D eigenvalue weighted by molar-refractivity contribution is 7.17. The molecule has 0 amide bonds. The Kier molecular flexibility index (Phi) is 3.69. The summed E-state index contributed by atoms with van der Waals surface area (Å²) in [5.41, 5.74) is -0.833. The van der Waals surface area contributed by atoms with Crippen LogP contribution in [0.3, 0.4) is 0 Å². The van der Waals surface area contributed by atoms with Crippen molar-refractivity contribution < 1.29 is 23.1 Å². The van der Waals surface area contributed by atoms with Gasteiger partial charge in [0.15, 0.2) is 10.8 Å². The molecule has 0 spiro atoms. The van der Waals surface area contributed by atoms with Crippen LogP contribution in [-0.2, 0) is 6.18 Å². The van der Waals surface area contributed by atoms with Crippen LogP contribution >= 0.6 is 11.3 Å². The summed E-state index contributed by atoms with van der Waals surface area (Å²) in [5.74, 6) is -1.65. The van der Waals surface area contributed by atoms with E-state index < -0.39 is 22.7 Å². The van der Waals surface area contributed by atoms with E-state index in [4.69, 9.17) is 5.11 Å². The van der Waals surface area contributed by atoms with Crippen LogP contribution in [0, 0.1) is 0 Å². The molecule has 0 saturated heterocycles. The minimum Gasteiger partial charge on any atom is -0.477 e. The van der Waals surface area contributed by atoms with Crippen LogP contribution < -0.4 is 5.32 Å². The molecule has 0 aliphatic rings. The average molecular weight is 338 g/mol. The number of anilines is 2. The van der Waals surface area contributed by atoms with Gasteiger partial charge in [0.25, 0.3) is 0 Å². The number of hydrogen-bond donors (Lipinski definition) is 2. The maximum absolute atomic E-state index is 12.9. The van der Waals surface area contributed by atoms with E-state index >= 15 is 0 Å². The molecule has 4 nitrogen and oxygen atoms in total. The number of rotatable bonds is 3. The second-order valence-electron chi connectivity index (χ2n) is 4.65. The third-order valence-electron chi connectivity index (χ3n) is 3.12. The monoisotopic (exact) mass is 338 g/mol. The average Bonchev–Trinajstić information content (AvgIpc) is 2.92. The van der Waals surface area contributed by atoms with Gasteiger partial charge in [-0.05, 0) is 11.5 Å². The first-order chi connectivity index (χ1) is 10.9. The molecule has 23 heavy (non-hydrogen) atoms. The molecule has 0 fully saturated rings. The van der Waals surface area contributed by atoms with Crippen LogP contribution in [0.1, 0.15) is 15.4 Å². The molecule has 0 aliphatic carbocycles. The van der Waals surface area contributed by atoms with Crippen molar-refractivity contribution in [3.05, 3.63) is 53.0 Å². The first kappa shape index (κ1) is 15.3. The van der Waals surface area contributed by atoms with E-state index in [0.29, 0.717) is 17.0 Å². The zero-order chi connectivity index (χ0) is 16.6. The van der Waals surface area contributed by atoms with Gasteiger partial charge in [0.05, 0.1) is 0 Å². The second kappa shape index (κ2) is 5.54. The van der Waals surface area contributed by atoms with E-state index in [9.17, 15) is 18.0 Å². The summed E-state index contributed by atoms with van der Waals surface area (Å²) in [6.45, 7) is 0. The Morgan fingerprint density at radius 3 is 2.48 bits per heavy atom. The predicted molar refractivity (Wildman–Crippen MR) is 81.3 cm³/mol. The van der Waals surface area contributed by atoms with Gasteiger partial charge in [-0.1, -0.05) is 47.7 Å². The van der Waals surface area contributed by atoms with Gasteiger partial charge >= 0.3 is 12.1 Å². The molecule has 1 heterocycles. The molecule has 0 unspecified atom stereocenters. The fraction of sp³-hybridized carbons (Fsp3) is 0.0667. The number of aromatic carboxylic acids is 1. The van der Waals surface area contributed by atoms with Gasteiger partial charge in [0.2, 0.25) is 0 Å². The normalized spacial score (nSPS) is 11.6. The fourth-order valence-corrected chi connectivity index (χ4v) is 3.00. The van der Waals surface area contributed by atoms with E-state index in [0.717, 1.165) is 10.8 Å². The Balaban J connectivity index is 2.04. The van der Waals surface area contributed by atoms with E-state index in [1.807, 2.05) is 24.3 Å². The number of halogens is 3. The zero-order valence-electron chi connectivity index (χ0n) is 11.4. The van der Waals surface area contributed by atoms with Crippen LogP contribution in [0.2, 0.25) is 0 Å². The number of benzene rings is 2. The van der Waals surface area contributed by atoms with Crippen LogP contribution in [0.5, 0.6) is 0 Å². The van der Waals surface area contributed by atoms with Crippen molar-refractivity contribution >= 4 is 38.9 Å². The molecule has 0 aliphatic heterocycles. The maximum atomic E-state index is 12.9. The summed E-state index contributed by atoms with van der Waals surface area (Å²) in [4.78, 5) is 13.6. The summed E-state index contributed by atoms with van der Waals surface area (Å²) in [7, 11) is 0. The summed E-state index contributed by atoms with van der Waals surface area (Å²) in [5, 5.41) is 13.3. The van der Waals surface area contributed by atoms with Gasteiger partial charge in [0, 0.05) is 11.1 Å². The van der Waals surface area contributed by atoms with Crippen LogP contribution in [-0.4, -0.2) is 16.1 Å². The minimum atomic E-state index is -4.82. The molecule has 0 atom stereocenters. The lowest BCUT2D eigenvalue weighted by Gasteiger charge is -2.07. The standard InChI is InChI=1S/C15H9F3N2O2S/c16-15(17,18)12-11(13(21)22)23-14(20-12)19-10-7-3-5-8-4-1-2-6-9(8)10/h1-7H,(H,19,20)(H,21,22). The number of carbonyl (C=O) groups is 1. The molecule has 1 aromatic heterocycles. The number of carboxylic acids is 1. The number of thiazole rings is 1. The maximum Gasteiger partial charge on any atom is 0.435 e. The summed E-state index contributed by atoms with van der Waals surface area (Å²) in [6, 6.07) is 12.6. The lowest BCUT2D eigenvalue weighted by atomic mass is 10.1. The topological polar surface area (TPSA) is 62.2 Å². The molecule has 2 N–H and O–H groups in total. The highest BCUT2D eigenvalue weighted by Gasteiger charge is 2.39. The van der Waals surface area contributed by atoms with Crippen LogP contribution in [0.15, 0.2) is 42.5 Å². The van der Waals surface area contributed by atoms with E-state index in [1.165, 1.54) is 0 Å². The highest BCUT2D eigenvalue weighted by Crippen LogP contribution is 2.37. The molecule has 0 bridgehead atoms. The van der Waals surface area contributed by atoms with Crippen molar-refractivity contribution in [2.75, 3.05) is 5.32 Å². The van der Waals surface area contributed by atoms with E-state index in [1.54, 1.807) is 18.2 Å². The van der Waals surface area contributed by atoms with Crippen molar-refractivity contribution in [2.45, 2.75) is 6.18 Å². The first-order valence-electron chi connectivity index (χ1n) is 6.42. The summed E-state index contributed by atoms with van der Waals surface area (Å²) in [6.07, 6.45) is -4.82.